The molecule has 3 amide bonds. The Morgan fingerprint density at radius 2 is 1.67 bits per heavy atom. The predicted molar refractivity (Wildman–Crippen MR) is 165 cm³/mol. The molecule has 5 aromatic rings. The van der Waals surface area contributed by atoms with Crippen molar-refractivity contribution < 1.29 is 23.5 Å². The Morgan fingerprint density at radius 1 is 0.930 bits per heavy atom. The largest absolute Gasteiger partial charge is 0.349 e. The summed E-state index contributed by atoms with van der Waals surface area (Å²) >= 11 is 7.53. The maximum atomic E-state index is 13.7. The lowest BCUT2D eigenvalue weighted by Crippen LogP contribution is -2.36. The van der Waals surface area contributed by atoms with Crippen molar-refractivity contribution in [2.24, 2.45) is 0 Å². The summed E-state index contributed by atoms with van der Waals surface area (Å²) < 4.78 is 20.0. The molecule has 4 aromatic carbocycles. The Hall–Kier alpha value is -4.64. The third-order valence-electron chi connectivity index (χ3n) is 6.99. The van der Waals surface area contributed by atoms with E-state index in [0.717, 1.165) is 10.2 Å². The second-order valence-corrected chi connectivity index (χ2v) is 11.4. The van der Waals surface area contributed by atoms with Gasteiger partial charge in [0.1, 0.15) is 5.82 Å². The number of thiazole rings is 1. The number of ether oxygens (including phenoxy) is 1. The number of hydrogen-bond acceptors (Lipinski definition) is 6. The van der Waals surface area contributed by atoms with E-state index in [0.29, 0.717) is 38.2 Å². The van der Waals surface area contributed by atoms with Crippen LogP contribution in [0.25, 0.3) is 10.2 Å². The number of carbonyl (C=O) groups excluding carboxylic acids is 3. The first-order valence-electron chi connectivity index (χ1n) is 13.3. The Bertz CT molecular complexity index is 1810. The van der Waals surface area contributed by atoms with Crippen molar-refractivity contribution in [1.29, 1.82) is 0 Å². The minimum atomic E-state index is -1.01. The highest BCUT2D eigenvalue weighted by molar-refractivity contribution is 7.22. The normalized spacial score (nSPS) is 15.6. The lowest BCUT2D eigenvalue weighted by molar-refractivity contribution is -0.120. The summed E-state index contributed by atoms with van der Waals surface area (Å²) in [5.74, 6) is -1.66. The van der Waals surface area contributed by atoms with Gasteiger partial charge < -0.3 is 15.0 Å². The Labute approximate surface area is 255 Å². The summed E-state index contributed by atoms with van der Waals surface area (Å²) in [6.07, 6.45) is -2.00. The molecule has 0 aliphatic carbocycles. The minimum Gasteiger partial charge on any atom is -0.349 e. The lowest BCUT2D eigenvalue weighted by Gasteiger charge is -2.23. The number of rotatable bonds is 8. The minimum absolute atomic E-state index is 0.0952. The van der Waals surface area contributed by atoms with Crippen molar-refractivity contribution >= 4 is 67.4 Å². The zero-order valence-corrected chi connectivity index (χ0v) is 24.3. The molecule has 216 valence electrons. The summed E-state index contributed by atoms with van der Waals surface area (Å²) in [4.78, 5) is 45.4. The molecule has 2 atom stereocenters. The van der Waals surface area contributed by atoms with Gasteiger partial charge in [-0.3, -0.25) is 19.7 Å². The van der Waals surface area contributed by atoms with E-state index in [1.54, 1.807) is 61.5 Å². The number of halogens is 2. The zero-order valence-electron chi connectivity index (χ0n) is 22.7. The molecule has 0 spiro atoms. The molecule has 0 unspecified atom stereocenters. The van der Waals surface area contributed by atoms with E-state index in [2.05, 4.69) is 15.6 Å². The molecular formula is C32H24ClFN4O4S. The number of nitrogens with one attached hydrogen (secondary N) is 2. The van der Waals surface area contributed by atoms with Crippen LogP contribution in [-0.2, 0) is 20.9 Å². The fraction of sp³-hybridized carbons (Fsp3) is 0.125. The molecule has 1 aliphatic heterocycles. The molecule has 2 N–H and O–H groups in total. The summed E-state index contributed by atoms with van der Waals surface area (Å²) in [5.41, 5.74) is 3.54. The van der Waals surface area contributed by atoms with Crippen LogP contribution < -0.4 is 15.5 Å². The average molecular weight is 615 g/mol. The first-order chi connectivity index (χ1) is 20.8. The predicted octanol–water partition coefficient (Wildman–Crippen LogP) is 6.59. The SMILES string of the molecule is Cc1c(Cl)cccc1NC(=O)[C@H]1O[C@@H]1C(=O)N(Cc1ccc(F)cc1)c1ccc(C(=O)Nc2nc3ccccc3s2)cc1. The molecule has 1 fully saturated rings. The van der Waals surface area contributed by atoms with Crippen molar-refractivity contribution in [3.05, 3.63) is 119 Å². The van der Waals surface area contributed by atoms with Gasteiger partial charge in [0.15, 0.2) is 17.3 Å². The highest BCUT2D eigenvalue weighted by Gasteiger charge is 2.52. The molecular weight excluding hydrogens is 591 g/mol. The summed E-state index contributed by atoms with van der Waals surface area (Å²) in [6.45, 7) is 1.87. The molecule has 11 heteroatoms. The molecule has 0 bridgehead atoms. The maximum absolute atomic E-state index is 13.7. The van der Waals surface area contributed by atoms with E-state index in [1.165, 1.54) is 28.4 Å². The van der Waals surface area contributed by atoms with Gasteiger partial charge in [-0.05, 0) is 78.7 Å². The van der Waals surface area contributed by atoms with E-state index in [1.807, 2.05) is 24.3 Å². The van der Waals surface area contributed by atoms with Crippen molar-refractivity contribution in [3.63, 3.8) is 0 Å². The van der Waals surface area contributed by atoms with Crippen LogP contribution in [0.3, 0.4) is 0 Å². The highest BCUT2D eigenvalue weighted by Crippen LogP contribution is 2.31. The molecule has 6 rings (SSSR count). The van der Waals surface area contributed by atoms with Crippen LogP contribution in [0.2, 0.25) is 5.02 Å². The fourth-order valence-corrected chi connectivity index (χ4v) is 5.59. The second kappa shape index (κ2) is 11.9. The van der Waals surface area contributed by atoms with Crippen molar-refractivity contribution in [2.75, 3.05) is 15.5 Å². The first kappa shape index (κ1) is 28.5. The average Bonchev–Trinajstić information content (AvgIpc) is 3.71. The van der Waals surface area contributed by atoms with Crippen molar-refractivity contribution in [3.8, 4) is 0 Å². The summed E-state index contributed by atoms with van der Waals surface area (Å²) in [7, 11) is 0. The Morgan fingerprint density at radius 3 is 2.42 bits per heavy atom. The number of fused-ring (bicyclic) bond motifs is 1. The number of carbonyl (C=O) groups is 3. The van der Waals surface area contributed by atoms with E-state index in [9.17, 15) is 18.8 Å². The summed E-state index contributed by atoms with van der Waals surface area (Å²) in [5, 5.41) is 6.57. The van der Waals surface area contributed by atoms with Gasteiger partial charge in [-0.15, -0.1) is 0 Å². The molecule has 2 heterocycles. The van der Waals surface area contributed by atoms with Gasteiger partial charge in [0.05, 0.1) is 16.8 Å². The van der Waals surface area contributed by atoms with Crippen LogP contribution in [-0.4, -0.2) is 34.9 Å². The molecule has 1 saturated heterocycles. The number of hydrogen-bond donors (Lipinski definition) is 2. The van der Waals surface area contributed by atoms with Gasteiger partial charge in [0.2, 0.25) is 0 Å². The number of para-hydroxylation sites is 1. The van der Waals surface area contributed by atoms with Crippen molar-refractivity contribution in [1.82, 2.24) is 4.98 Å². The van der Waals surface area contributed by atoms with Gasteiger partial charge in [-0.1, -0.05) is 53.3 Å². The molecule has 0 saturated carbocycles. The number of benzene rings is 4. The molecule has 0 radical (unpaired) electrons. The highest BCUT2D eigenvalue weighted by atomic mass is 35.5. The van der Waals surface area contributed by atoms with Crippen LogP contribution in [0.15, 0.2) is 91.0 Å². The number of aromatic nitrogens is 1. The fourth-order valence-electron chi connectivity index (χ4n) is 4.56. The van der Waals surface area contributed by atoms with E-state index in [4.69, 9.17) is 16.3 Å². The van der Waals surface area contributed by atoms with Crippen LogP contribution in [0, 0.1) is 12.7 Å². The van der Waals surface area contributed by atoms with Crippen LogP contribution >= 0.6 is 22.9 Å². The second-order valence-electron chi connectivity index (χ2n) is 9.92. The number of amides is 3. The Kier molecular flexibility index (Phi) is 7.90. The monoisotopic (exact) mass is 614 g/mol. The molecule has 1 aliphatic rings. The Balaban J connectivity index is 1.19. The van der Waals surface area contributed by atoms with E-state index >= 15 is 0 Å². The third kappa shape index (κ3) is 6.26. The van der Waals surface area contributed by atoms with Gasteiger partial charge in [-0.25, -0.2) is 9.37 Å². The lowest BCUT2D eigenvalue weighted by atomic mass is 10.1. The number of anilines is 3. The molecule has 1 aromatic heterocycles. The first-order valence-corrected chi connectivity index (χ1v) is 14.5. The van der Waals surface area contributed by atoms with Gasteiger partial charge >= 0.3 is 0 Å². The summed E-state index contributed by atoms with van der Waals surface area (Å²) in [6, 6.07) is 25.0. The van der Waals surface area contributed by atoms with Crippen molar-refractivity contribution in [2.45, 2.75) is 25.7 Å². The smallest absolute Gasteiger partial charge is 0.259 e. The standard InChI is InChI=1S/C32H24ClFN4O4S/c1-18-23(33)5-4-7-24(18)35-30(40)27-28(42-27)31(41)38(17-19-9-13-21(34)14-10-19)22-15-11-20(12-16-22)29(39)37-32-36-25-6-2-3-8-26(25)43-32/h2-16,27-28H,17H2,1H3,(H,35,40)(H,36,37,39)/t27-,28-/m0/s1. The number of nitrogens with zero attached hydrogens (tertiary/aromatic N) is 2. The van der Waals surface area contributed by atoms with E-state index in [-0.39, 0.29) is 12.5 Å². The van der Waals surface area contributed by atoms with Gasteiger partial charge in [0.25, 0.3) is 17.7 Å². The van der Waals surface area contributed by atoms with Crippen LogP contribution in [0.5, 0.6) is 0 Å². The number of epoxide rings is 1. The zero-order chi connectivity index (χ0) is 30.1. The van der Waals surface area contributed by atoms with E-state index < -0.39 is 29.8 Å². The molecule has 8 nitrogen and oxygen atoms in total. The quantitative estimate of drug-likeness (QED) is 0.192. The third-order valence-corrected chi connectivity index (χ3v) is 8.36. The maximum Gasteiger partial charge on any atom is 0.259 e. The van der Waals surface area contributed by atoms with Gasteiger partial charge in [0, 0.05) is 22.0 Å². The van der Waals surface area contributed by atoms with Gasteiger partial charge in [-0.2, -0.15) is 0 Å². The topological polar surface area (TPSA) is 104 Å². The van der Waals surface area contributed by atoms with Crippen LogP contribution in [0.4, 0.5) is 20.9 Å². The molecule has 43 heavy (non-hydrogen) atoms. The van der Waals surface area contributed by atoms with Crippen LogP contribution in [0.1, 0.15) is 21.5 Å².